The van der Waals surface area contributed by atoms with E-state index < -0.39 is 18.3 Å². The fourth-order valence-electron chi connectivity index (χ4n) is 3.40. The van der Waals surface area contributed by atoms with Crippen molar-refractivity contribution in [1.82, 2.24) is 10.6 Å². The van der Waals surface area contributed by atoms with Gasteiger partial charge in [0.15, 0.2) is 0 Å². The van der Waals surface area contributed by atoms with Crippen molar-refractivity contribution >= 4 is 0 Å². The van der Waals surface area contributed by atoms with Gasteiger partial charge in [-0.2, -0.15) is 0 Å². The summed E-state index contributed by atoms with van der Waals surface area (Å²) in [6.07, 6.45) is -1.81. The Morgan fingerprint density at radius 3 is 1.82 bits per heavy atom. The van der Waals surface area contributed by atoms with Crippen LogP contribution in [0.1, 0.15) is 41.9 Å². The Labute approximate surface area is 230 Å². The van der Waals surface area contributed by atoms with E-state index in [-0.39, 0.29) is 17.5 Å². The highest BCUT2D eigenvalue weighted by molar-refractivity contribution is 5.42. The maximum atomic E-state index is 9.87. The first-order chi connectivity index (χ1) is 18.6. The number of likely N-dealkylation sites (N-methyl/N-ethyl adjacent to an activating group) is 2. The SMILES string of the molecule is CNCC(O)c1ccc(O)cc1.CNC[C@H](O)c1cccc(O)c1.COc1ccc(OC)c(C(O)C(C)N)c1. The molecular formula is C29H43N3O7. The third kappa shape index (κ3) is 11.9. The number of hydrogen-bond acceptors (Lipinski definition) is 10. The Morgan fingerprint density at radius 1 is 0.744 bits per heavy atom. The van der Waals surface area contributed by atoms with E-state index in [4.69, 9.17) is 25.4 Å². The molecule has 0 aliphatic carbocycles. The molecule has 0 heterocycles. The van der Waals surface area contributed by atoms with Gasteiger partial charge in [0.05, 0.1) is 32.5 Å². The number of phenols is 2. The summed E-state index contributed by atoms with van der Waals surface area (Å²) in [4.78, 5) is 0. The largest absolute Gasteiger partial charge is 0.508 e. The Balaban J connectivity index is 0.000000295. The highest BCUT2D eigenvalue weighted by Gasteiger charge is 2.17. The summed E-state index contributed by atoms with van der Waals surface area (Å²) in [6.45, 7) is 2.75. The van der Waals surface area contributed by atoms with Crippen LogP contribution in [0.15, 0.2) is 66.7 Å². The highest BCUT2D eigenvalue weighted by Crippen LogP contribution is 2.30. The zero-order valence-corrected chi connectivity index (χ0v) is 23.2. The molecule has 3 aromatic rings. The summed E-state index contributed by atoms with van der Waals surface area (Å²) in [7, 11) is 6.68. The number of nitrogens with two attached hydrogens (primary N) is 1. The second-order valence-corrected chi connectivity index (χ2v) is 8.75. The lowest BCUT2D eigenvalue weighted by Gasteiger charge is -2.18. The van der Waals surface area contributed by atoms with Crippen LogP contribution >= 0.6 is 0 Å². The van der Waals surface area contributed by atoms with Crippen LogP contribution in [0.4, 0.5) is 0 Å². The zero-order valence-electron chi connectivity index (χ0n) is 23.2. The molecule has 0 aliphatic heterocycles. The van der Waals surface area contributed by atoms with Crippen LogP contribution in [0.25, 0.3) is 0 Å². The number of aliphatic hydroxyl groups is 3. The van der Waals surface area contributed by atoms with Crippen molar-refractivity contribution in [3.8, 4) is 23.0 Å². The summed E-state index contributed by atoms with van der Waals surface area (Å²) < 4.78 is 10.2. The van der Waals surface area contributed by atoms with Gasteiger partial charge >= 0.3 is 0 Å². The predicted octanol–water partition coefficient (Wildman–Crippen LogP) is 2.37. The van der Waals surface area contributed by atoms with E-state index in [1.165, 1.54) is 0 Å². The van der Waals surface area contributed by atoms with E-state index in [1.807, 2.05) is 0 Å². The van der Waals surface area contributed by atoms with Crippen LogP contribution < -0.4 is 25.8 Å². The maximum Gasteiger partial charge on any atom is 0.124 e. The molecule has 0 radical (unpaired) electrons. The third-order valence-electron chi connectivity index (χ3n) is 5.58. The summed E-state index contributed by atoms with van der Waals surface area (Å²) in [6, 6.07) is 18.1. The van der Waals surface area contributed by atoms with E-state index in [0.717, 1.165) is 11.1 Å². The third-order valence-corrected chi connectivity index (χ3v) is 5.58. The number of ether oxygens (including phenoxy) is 2. The molecule has 3 rings (SSSR count). The number of aliphatic hydroxyl groups excluding tert-OH is 3. The summed E-state index contributed by atoms with van der Waals surface area (Å²) in [5, 5.41) is 52.6. The predicted molar refractivity (Wildman–Crippen MR) is 152 cm³/mol. The molecule has 10 nitrogen and oxygen atoms in total. The Morgan fingerprint density at radius 2 is 1.33 bits per heavy atom. The van der Waals surface area contributed by atoms with Gasteiger partial charge in [-0.3, -0.25) is 0 Å². The van der Waals surface area contributed by atoms with Gasteiger partial charge in [-0.15, -0.1) is 0 Å². The van der Waals surface area contributed by atoms with E-state index in [9.17, 15) is 15.3 Å². The molecule has 0 bridgehead atoms. The summed E-state index contributed by atoms with van der Waals surface area (Å²) in [5.41, 5.74) is 7.82. The van der Waals surface area contributed by atoms with Gasteiger partial charge in [-0.05, 0) is 74.6 Å². The van der Waals surface area contributed by atoms with E-state index in [2.05, 4.69) is 10.6 Å². The molecule has 3 unspecified atom stereocenters. The molecule has 0 amide bonds. The van der Waals surface area contributed by atoms with Crippen molar-refractivity contribution in [2.75, 3.05) is 41.4 Å². The molecule has 0 spiro atoms. The standard InChI is InChI=1S/C11H17NO3.2C9H13NO2/c1-7(12)11(13)9-6-8(14-2)4-5-10(9)15-3;1-10-6-9(12)7-2-4-8(11)5-3-7;1-10-6-9(12)7-3-2-4-8(11)5-7/h4-7,11,13H,12H2,1-3H3;2*2-5,9-12H,6H2,1H3/t;;9-/m..0/s1. The van der Waals surface area contributed by atoms with Crippen molar-refractivity contribution in [2.45, 2.75) is 31.3 Å². The van der Waals surface area contributed by atoms with Gasteiger partial charge in [0, 0.05) is 24.7 Å². The first kappa shape index (κ1) is 33.6. The van der Waals surface area contributed by atoms with Gasteiger partial charge < -0.3 is 51.4 Å². The fourth-order valence-corrected chi connectivity index (χ4v) is 3.40. The molecule has 10 heteroatoms. The number of hydrogen-bond donors (Lipinski definition) is 8. The van der Waals surface area contributed by atoms with Gasteiger partial charge in [-0.25, -0.2) is 0 Å². The zero-order chi connectivity index (χ0) is 29.4. The number of benzene rings is 3. The average Bonchev–Trinajstić information content (AvgIpc) is 2.93. The van der Waals surface area contributed by atoms with E-state index >= 15 is 0 Å². The normalized spacial score (nSPS) is 13.5. The highest BCUT2D eigenvalue weighted by atomic mass is 16.5. The summed E-state index contributed by atoms with van der Waals surface area (Å²) >= 11 is 0. The lowest BCUT2D eigenvalue weighted by atomic mass is 10.0. The van der Waals surface area contributed by atoms with Crippen molar-refractivity contribution in [3.05, 3.63) is 83.4 Å². The minimum Gasteiger partial charge on any atom is -0.508 e. The van der Waals surface area contributed by atoms with E-state index in [0.29, 0.717) is 30.2 Å². The molecule has 4 atom stereocenters. The van der Waals surface area contributed by atoms with Crippen molar-refractivity contribution in [3.63, 3.8) is 0 Å². The summed E-state index contributed by atoms with van der Waals surface area (Å²) in [5.74, 6) is 1.68. The van der Waals surface area contributed by atoms with Gasteiger partial charge in [-0.1, -0.05) is 24.3 Å². The lowest BCUT2D eigenvalue weighted by Crippen LogP contribution is -2.24. The molecule has 39 heavy (non-hydrogen) atoms. The number of methoxy groups -OCH3 is 2. The number of nitrogens with one attached hydrogen (secondary N) is 2. The number of aromatic hydroxyl groups is 2. The van der Waals surface area contributed by atoms with Crippen LogP contribution in [-0.4, -0.2) is 73.0 Å². The first-order valence-corrected chi connectivity index (χ1v) is 12.5. The second-order valence-electron chi connectivity index (χ2n) is 8.75. The number of rotatable bonds is 10. The maximum absolute atomic E-state index is 9.87. The van der Waals surface area contributed by atoms with Crippen LogP contribution in [0.2, 0.25) is 0 Å². The van der Waals surface area contributed by atoms with Crippen LogP contribution in [-0.2, 0) is 0 Å². The Bertz CT molecular complexity index is 1080. The Hall–Kier alpha value is -3.38. The smallest absolute Gasteiger partial charge is 0.124 e. The first-order valence-electron chi connectivity index (χ1n) is 12.5. The monoisotopic (exact) mass is 545 g/mol. The molecule has 0 fully saturated rings. The van der Waals surface area contributed by atoms with E-state index in [1.54, 1.807) is 102 Å². The number of phenolic OH excluding ortho intramolecular Hbond substituents is 2. The van der Waals surface area contributed by atoms with Gasteiger partial charge in [0.1, 0.15) is 23.0 Å². The van der Waals surface area contributed by atoms with Crippen LogP contribution in [0.3, 0.4) is 0 Å². The molecule has 0 saturated carbocycles. The molecule has 0 saturated heterocycles. The molecule has 9 N–H and O–H groups in total. The van der Waals surface area contributed by atoms with Crippen LogP contribution in [0.5, 0.6) is 23.0 Å². The molecule has 3 aromatic carbocycles. The minimum atomic E-state index is -0.755. The fraction of sp³-hybridized carbons (Fsp3) is 0.379. The Kier molecular flexibility index (Phi) is 15.5. The molecule has 0 aromatic heterocycles. The van der Waals surface area contributed by atoms with Crippen molar-refractivity contribution in [2.24, 2.45) is 5.73 Å². The average molecular weight is 546 g/mol. The van der Waals surface area contributed by atoms with Crippen molar-refractivity contribution in [1.29, 1.82) is 0 Å². The molecular weight excluding hydrogens is 502 g/mol. The minimum absolute atomic E-state index is 0.183. The van der Waals surface area contributed by atoms with Gasteiger partial charge in [0.2, 0.25) is 0 Å². The second kappa shape index (κ2) is 18.0. The van der Waals surface area contributed by atoms with Crippen molar-refractivity contribution < 1.29 is 35.0 Å². The topological polar surface area (TPSA) is 170 Å². The lowest BCUT2D eigenvalue weighted by molar-refractivity contribution is 0.149. The molecule has 216 valence electrons. The molecule has 0 aliphatic rings. The van der Waals surface area contributed by atoms with Gasteiger partial charge in [0.25, 0.3) is 0 Å². The van der Waals surface area contributed by atoms with Crippen LogP contribution in [0, 0.1) is 0 Å². The quantitative estimate of drug-likeness (QED) is 0.189.